The number of hydrogen-bond donors (Lipinski definition) is 1. The predicted molar refractivity (Wildman–Crippen MR) is 111 cm³/mol. The molecule has 0 atom stereocenters. The van der Waals surface area contributed by atoms with Crippen LogP contribution >= 0.6 is 15.9 Å². The number of nitrogens with zero attached hydrogens (tertiary/aromatic N) is 4. The second-order valence-electron chi connectivity index (χ2n) is 6.48. The third-order valence-corrected chi connectivity index (χ3v) is 5.13. The van der Waals surface area contributed by atoms with Crippen LogP contribution in [-0.4, -0.2) is 33.5 Å². The first-order chi connectivity index (χ1) is 13.7. The van der Waals surface area contributed by atoms with Gasteiger partial charge in [-0.15, -0.1) is 5.10 Å². The summed E-state index contributed by atoms with van der Waals surface area (Å²) in [6.45, 7) is 1.56. The minimum absolute atomic E-state index is 0.285. The highest BCUT2D eigenvalue weighted by Crippen LogP contribution is 2.27. The van der Waals surface area contributed by atoms with Gasteiger partial charge < -0.3 is 5.32 Å². The van der Waals surface area contributed by atoms with Crippen molar-refractivity contribution in [1.29, 1.82) is 0 Å². The molecule has 0 saturated carbocycles. The van der Waals surface area contributed by atoms with E-state index in [0.29, 0.717) is 11.5 Å². The molecule has 2 aromatic carbocycles. The zero-order chi connectivity index (χ0) is 19.1. The molecular formula is C21H15BrFN5. The molecule has 5 rings (SSSR count). The number of amidine groups is 1. The van der Waals surface area contributed by atoms with Gasteiger partial charge >= 0.3 is 0 Å². The van der Waals surface area contributed by atoms with Crippen molar-refractivity contribution < 1.29 is 4.39 Å². The van der Waals surface area contributed by atoms with Crippen LogP contribution in [0.25, 0.3) is 28.3 Å². The van der Waals surface area contributed by atoms with Crippen LogP contribution in [0.4, 0.5) is 4.39 Å². The molecular weight excluding hydrogens is 421 g/mol. The van der Waals surface area contributed by atoms with Crippen molar-refractivity contribution in [3.63, 3.8) is 0 Å². The highest BCUT2D eigenvalue weighted by atomic mass is 79.9. The molecule has 0 spiro atoms. The topological polar surface area (TPSA) is 54.6 Å². The molecule has 1 aliphatic rings. The third kappa shape index (κ3) is 2.97. The van der Waals surface area contributed by atoms with Gasteiger partial charge in [0.1, 0.15) is 11.7 Å². The molecule has 0 saturated heterocycles. The molecule has 7 heteroatoms. The van der Waals surface area contributed by atoms with Crippen LogP contribution in [0.1, 0.15) is 5.56 Å². The Bertz CT molecular complexity index is 1210. The Morgan fingerprint density at radius 3 is 2.61 bits per heavy atom. The molecule has 0 amide bonds. The molecule has 0 bridgehead atoms. The maximum Gasteiger partial charge on any atom is 0.182 e. The van der Waals surface area contributed by atoms with Crippen LogP contribution in [0, 0.1) is 5.82 Å². The van der Waals surface area contributed by atoms with Crippen LogP contribution in [0.3, 0.4) is 0 Å². The van der Waals surface area contributed by atoms with Gasteiger partial charge in [-0.2, -0.15) is 0 Å². The first kappa shape index (κ1) is 17.1. The number of fused-ring (bicyclic) bond motifs is 1. The summed E-state index contributed by atoms with van der Waals surface area (Å²) < 4.78 is 16.1. The Hall–Kier alpha value is -3.06. The average molecular weight is 436 g/mol. The number of aromatic nitrogens is 3. The second-order valence-corrected chi connectivity index (χ2v) is 7.39. The maximum atomic E-state index is 13.3. The van der Waals surface area contributed by atoms with E-state index >= 15 is 0 Å². The van der Waals surface area contributed by atoms with Crippen LogP contribution < -0.4 is 5.32 Å². The molecule has 3 heterocycles. The standard InChI is InChI=1S/C21H15BrFN5/c22-15-3-1-2-14(12-15)18-9-8-17(20-24-10-11-25-20)21-26-19(27-28(18)21)13-4-6-16(23)7-5-13/h1-9,12H,10-11H2,(H,24,25). The fourth-order valence-corrected chi connectivity index (χ4v) is 3.71. The monoisotopic (exact) mass is 435 g/mol. The van der Waals surface area contributed by atoms with E-state index in [1.165, 1.54) is 12.1 Å². The number of benzene rings is 2. The summed E-state index contributed by atoms with van der Waals surface area (Å²) in [6.07, 6.45) is 0. The highest BCUT2D eigenvalue weighted by molar-refractivity contribution is 9.10. The molecule has 138 valence electrons. The molecule has 0 fully saturated rings. The highest BCUT2D eigenvalue weighted by Gasteiger charge is 2.19. The van der Waals surface area contributed by atoms with Gasteiger partial charge in [0.15, 0.2) is 11.5 Å². The van der Waals surface area contributed by atoms with Gasteiger partial charge in [-0.1, -0.05) is 28.1 Å². The quantitative estimate of drug-likeness (QED) is 0.521. The van der Waals surface area contributed by atoms with E-state index in [0.717, 1.165) is 45.8 Å². The lowest BCUT2D eigenvalue weighted by molar-refractivity contribution is 0.628. The fraction of sp³-hybridized carbons (Fsp3) is 0.0952. The van der Waals surface area contributed by atoms with Gasteiger partial charge in [0, 0.05) is 22.1 Å². The summed E-state index contributed by atoms with van der Waals surface area (Å²) in [6, 6.07) is 18.3. The van der Waals surface area contributed by atoms with Crippen LogP contribution in [0.5, 0.6) is 0 Å². The van der Waals surface area contributed by atoms with Crippen molar-refractivity contribution in [3.05, 3.63) is 76.5 Å². The molecule has 2 aromatic heterocycles. The lowest BCUT2D eigenvalue weighted by Crippen LogP contribution is -2.20. The summed E-state index contributed by atoms with van der Waals surface area (Å²) in [5, 5.41) is 8.04. The normalized spacial score (nSPS) is 13.6. The van der Waals surface area contributed by atoms with Gasteiger partial charge in [0.25, 0.3) is 0 Å². The average Bonchev–Trinajstić information content (AvgIpc) is 3.38. The third-order valence-electron chi connectivity index (χ3n) is 4.64. The summed E-state index contributed by atoms with van der Waals surface area (Å²) in [4.78, 5) is 9.30. The Morgan fingerprint density at radius 1 is 1.00 bits per heavy atom. The molecule has 1 N–H and O–H groups in total. The van der Waals surface area contributed by atoms with Gasteiger partial charge in [-0.05, 0) is 48.5 Å². The van der Waals surface area contributed by atoms with Crippen molar-refractivity contribution in [2.75, 3.05) is 13.1 Å². The lowest BCUT2D eigenvalue weighted by atomic mass is 10.1. The Morgan fingerprint density at radius 2 is 1.86 bits per heavy atom. The van der Waals surface area contributed by atoms with Gasteiger partial charge in [-0.3, -0.25) is 4.99 Å². The van der Waals surface area contributed by atoms with Crippen molar-refractivity contribution >= 4 is 27.4 Å². The zero-order valence-corrected chi connectivity index (χ0v) is 16.3. The number of hydrogen-bond acceptors (Lipinski definition) is 4. The SMILES string of the molecule is Fc1ccc(-c2nc3c(C4=NCCN4)ccc(-c4cccc(Br)c4)n3n2)cc1. The molecule has 4 aromatic rings. The van der Waals surface area contributed by atoms with Crippen molar-refractivity contribution in [1.82, 2.24) is 19.9 Å². The van der Waals surface area contributed by atoms with Gasteiger partial charge in [0.2, 0.25) is 0 Å². The Labute approximate surface area is 169 Å². The maximum absolute atomic E-state index is 13.3. The van der Waals surface area contributed by atoms with E-state index in [1.807, 2.05) is 40.9 Å². The fourth-order valence-electron chi connectivity index (χ4n) is 3.31. The molecule has 0 aliphatic carbocycles. The minimum atomic E-state index is -0.285. The van der Waals surface area contributed by atoms with Crippen LogP contribution in [-0.2, 0) is 0 Å². The van der Waals surface area contributed by atoms with Crippen molar-refractivity contribution in [2.45, 2.75) is 0 Å². The Balaban J connectivity index is 1.75. The van der Waals surface area contributed by atoms with Gasteiger partial charge in [-0.25, -0.2) is 13.9 Å². The van der Waals surface area contributed by atoms with Crippen LogP contribution in [0.15, 0.2) is 70.1 Å². The number of nitrogens with one attached hydrogen (secondary N) is 1. The first-order valence-electron chi connectivity index (χ1n) is 8.89. The second kappa shape index (κ2) is 6.83. The van der Waals surface area contributed by atoms with E-state index in [2.05, 4.69) is 26.2 Å². The first-order valence-corrected chi connectivity index (χ1v) is 9.69. The number of pyridine rings is 1. The summed E-state index contributed by atoms with van der Waals surface area (Å²) in [5.74, 6) is 1.08. The van der Waals surface area contributed by atoms with E-state index < -0.39 is 0 Å². The lowest BCUT2D eigenvalue weighted by Gasteiger charge is -2.09. The van der Waals surface area contributed by atoms with Gasteiger partial charge in [0.05, 0.1) is 17.8 Å². The summed E-state index contributed by atoms with van der Waals surface area (Å²) in [5.41, 5.74) is 4.31. The number of halogens is 2. The summed E-state index contributed by atoms with van der Waals surface area (Å²) in [7, 11) is 0. The number of rotatable bonds is 3. The molecule has 0 radical (unpaired) electrons. The van der Waals surface area contributed by atoms with E-state index in [4.69, 9.17) is 10.1 Å². The smallest absolute Gasteiger partial charge is 0.182 e. The molecule has 1 aliphatic heterocycles. The minimum Gasteiger partial charge on any atom is -0.368 e. The predicted octanol–water partition coefficient (Wildman–Crippen LogP) is 4.31. The van der Waals surface area contributed by atoms with E-state index in [1.54, 1.807) is 12.1 Å². The van der Waals surface area contributed by atoms with Crippen molar-refractivity contribution in [2.24, 2.45) is 4.99 Å². The largest absolute Gasteiger partial charge is 0.368 e. The molecule has 0 unspecified atom stereocenters. The van der Waals surface area contributed by atoms with Crippen LogP contribution in [0.2, 0.25) is 0 Å². The molecule has 28 heavy (non-hydrogen) atoms. The summed E-state index contributed by atoms with van der Waals surface area (Å²) >= 11 is 3.53. The molecule has 5 nitrogen and oxygen atoms in total. The van der Waals surface area contributed by atoms with Crippen molar-refractivity contribution in [3.8, 4) is 22.6 Å². The van der Waals surface area contributed by atoms with E-state index in [-0.39, 0.29) is 5.82 Å². The Kier molecular flexibility index (Phi) is 4.16. The number of aliphatic imine (C=N–C) groups is 1. The zero-order valence-electron chi connectivity index (χ0n) is 14.7. The van der Waals surface area contributed by atoms with E-state index in [9.17, 15) is 4.39 Å².